The minimum Gasteiger partial charge on any atom is -0.375 e. The first kappa shape index (κ1) is 17.2. The summed E-state index contributed by atoms with van der Waals surface area (Å²) >= 11 is 5.56. The van der Waals surface area contributed by atoms with Gasteiger partial charge in [0.05, 0.1) is 4.99 Å². The lowest BCUT2D eigenvalue weighted by Crippen LogP contribution is -2.28. The molecular weight excluding hydrogens is 262 g/mol. The van der Waals surface area contributed by atoms with E-state index in [0.717, 1.165) is 18.0 Å². The van der Waals surface area contributed by atoms with Crippen LogP contribution < -0.4 is 5.32 Å². The number of hydrogen-bond donors (Lipinski definition) is 1. The van der Waals surface area contributed by atoms with E-state index < -0.39 is 0 Å². The quantitative estimate of drug-likeness (QED) is 0.452. The van der Waals surface area contributed by atoms with E-state index in [2.05, 4.69) is 43.4 Å². The van der Waals surface area contributed by atoms with Crippen LogP contribution in [-0.2, 0) is 6.54 Å². The monoisotopic (exact) mass is 291 g/mol. The highest BCUT2D eigenvalue weighted by molar-refractivity contribution is 7.80. The lowest BCUT2D eigenvalue weighted by Gasteiger charge is -2.18. The summed E-state index contributed by atoms with van der Waals surface area (Å²) in [5.41, 5.74) is 1.30. The molecule has 20 heavy (non-hydrogen) atoms. The van der Waals surface area contributed by atoms with Gasteiger partial charge in [0, 0.05) is 12.5 Å². The molecule has 112 valence electrons. The van der Waals surface area contributed by atoms with E-state index in [1.165, 1.54) is 44.1 Å². The first-order chi connectivity index (χ1) is 9.77. The highest BCUT2D eigenvalue weighted by Crippen LogP contribution is 2.16. The maximum atomic E-state index is 5.56. The van der Waals surface area contributed by atoms with Gasteiger partial charge in [-0.1, -0.05) is 88.5 Å². The number of benzene rings is 1. The van der Waals surface area contributed by atoms with Crippen molar-refractivity contribution in [1.29, 1.82) is 0 Å². The summed E-state index contributed by atoms with van der Waals surface area (Å²) in [5, 5.41) is 3.43. The number of unbranched alkanes of at least 4 members (excludes halogenated alkanes) is 4. The predicted molar refractivity (Wildman–Crippen MR) is 93.0 cm³/mol. The van der Waals surface area contributed by atoms with Gasteiger partial charge in [-0.15, -0.1) is 0 Å². The summed E-state index contributed by atoms with van der Waals surface area (Å²) in [7, 11) is 0. The maximum Gasteiger partial charge on any atom is 0.0787 e. The summed E-state index contributed by atoms with van der Waals surface area (Å²) in [5.74, 6) is 0.551. The lowest BCUT2D eigenvalue weighted by atomic mass is 9.97. The van der Waals surface area contributed by atoms with E-state index in [9.17, 15) is 0 Å². The Bertz CT molecular complexity index is 361. The predicted octanol–water partition coefficient (Wildman–Crippen LogP) is 5.49. The molecule has 1 rings (SSSR count). The number of nitrogens with one attached hydrogen (secondary N) is 1. The molecule has 0 fully saturated rings. The molecule has 1 nitrogen and oxygen atoms in total. The molecule has 0 spiro atoms. The molecule has 1 N–H and O–H groups in total. The molecule has 0 aliphatic rings. The fraction of sp³-hybridized carbons (Fsp3) is 0.611. The van der Waals surface area contributed by atoms with Crippen molar-refractivity contribution in [1.82, 2.24) is 5.32 Å². The van der Waals surface area contributed by atoms with E-state index in [4.69, 9.17) is 12.2 Å². The van der Waals surface area contributed by atoms with Crippen LogP contribution in [0.15, 0.2) is 30.3 Å². The van der Waals surface area contributed by atoms with Crippen molar-refractivity contribution in [3.8, 4) is 0 Å². The number of hydrogen-bond acceptors (Lipinski definition) is 1. The normalized spacial score (nSPS) is 12.1. The minimum absolute atomic E-state index is 0.551. The molecule has 0 aliphatic carbocycles. The van der Waals surface area contributed by atoms with E-state index in [1.54, 1.807) is 0 Å². The second kappa shape index (κ2) is 10.8. The summed E-state index contributed by atoms with van der Waals surface area (Å²) < 4.78 is 0. The Kier molecular flexibility index (Phi) is 9.31. The van der Waals surface area contributed by atoms with Crippen LogP contribution >= 0.6 is 12.2 Å². The van der Waals surface area contributed by atoms with Gasteiger partial charge < -0.3 is 5.32 Å². The van der Waals surface area contributed by atoms with E-state index in [1.807, 2.05) is 6.07 Å². The zero-order valence-corrected chi connectivity index (χ0v) is 13.8. The van der Waals surface area contributed by atoms with Crippen LogP contribution in [0.2, 0.25) is 0 Å². The molecule has 0 saturated heterocycles. The molecule has 0 aromatic heterocycles. The van der Waals surface area contributed by atoms with Crippen molar-refractivity contribution >= 4 is 17.2 Å². The Hall–Kier alpha value is -0.890. The molecule has 1 unspecified atom stereocenters. The van der Waals surface area contributed by atoms with Crippen LogP contribution in [0.25, 0.3) is 0 Å². The Labute approximate surface area is 130 Å². The molecule has 0 amide bonds. The van der Waals surface area contributed by atoms with Crippen molar-refractivity contribution in [3.63, 3.8) is 0 Å². The highest BCUT2D eigenvalue weighted by atomic mass is 32.1. The molecule has 0 radical (unpaired) electrons. The minimum atomic E-state index is 0.551. The first-order valence-corrected chi connectivity index (χ1v) is 8.50. The van der Waals surface area contributed by atoms with E-state index in [0.29, 0.717) is 5.92 Å². The van der Waals surface area contributed by atoms with Gasteiger partial charge in [0.15, 0.2) is 0 Å². The average Bonchev–Trinajstić information content (AvgIpc) is 2.49. The van der Waals surface area contributed by atoms with Crippen molar-refractivity contribution < 1.29 is 0 Å². The summed E-state index contributed by atoms with van der Waals surface area (Å²) in [6, 6.07) is 10.5. The summed E-state index contributed by atoms with van der Waals surface area (Å²) in [4.78, 5) is 1.05. The molecule has 0 aliphatic heterocycles. The smallest absolute Gasteiger partial charge is 0.0787 e. The zero-order valence-electron chi connectivity index (χ0n) is 13.0. The van der Waals surface area contributed by atoms with Gasteiger partial charge in [-0.05, 0) is 18.4 Å². The van der Waals surface area contributed by atoms with Crippen LogP contribution in [0.4, 0.5) is 0 Å². The lowest BCUT2D eigenvalue weighted by molar-refractivity contribution is 0.527. The standard InChI is InChI=1S/C18H29NS/c1-3-5-6-7-11-14-17(4-2)18(20)19-15-16-12-9-8-10-13-16/h8-10,12-13,17H,3-7,11,14-15H2,1-2H3,(H,19,20). The van der Waals surface area contributed by atoms with Gasteiger partial charge in [-0.3, -0.25) is 0 Å². The number of rotatable bonds is 10. The van der Waals surface area contributed by atoms with Gasteiger partial charge in [0.2, 0.25) is 0 Å². The Morgan fingerprint density at radius 1 is 1.05 bits per heavy atom. The van der Waals surface area contributed by atoms with Gasteiger partial charge in [-0.25, -0.2) is 0 Å². The van der Waals surface area contributed by atoms with Crippen LogP contribution in [0.3, 0.4) is 0 Å². The van der Waals surface area contributed by atoms with Gasteiger partial charge in [0.1, 0.15) is 0 Å². The van der Waals surface area contributed by atoms with Crippen LogP contribution in [0.1, 0.15) is 64.4 Å². The average molecular weight is 292 g/mol. The van der Waals surface area contributed by atoms with Gasteiger partial charge in [0.25, 0.3) is 0 Å². The van der Waals surface area contributed by atoms with Crippen molar-refractivity contribution in [2.45, 2.75) is 65.3 Å². The van der Waals surface area contributed by atoms with Gasteiger partial charge >= 0.3 is 0 Å². The molecule has 1 aromatic rings. The van der Waals surface area contributed by atoms with Crippen molar-refractivity contribution in [2.24, 2.45) is 5.92 Å². The summed E-state index contributed by atoms with van der Waals surface area (Å²) in [6.45, 7) is 5.36. The largest absolute Gasteiger partial charge is 0.375 e. The Morgan fingerprint density at radius 2 is 1.75 bits per heavy atom. The third-order valence-corrected chi connectivity index (χ3v) is 4.31. The van der Waals surface area contributed by atoms with E-state index >= 15 is 0 Å². The Balaban J connectivity index is 2.24. The zero-order chi connectivity index (χ0) is 14.6. The molecule has 0 bridgehead atoms. The summed E-state index contributed by atoms with van der Waals surface area (Å²) in [6.07, 6.45) is 9.10. The molecule has 2 heteroatoms. The van der Waals surface area contributed by atoms with Crippen LogP contribution in [0.5, 0.6) is 0 Å². The number of thiocarbonyl (C=S) groups is 1. The molecule has 1 aromatic carbocycles. The van der Waals surface area contributed by atoms with Gasteiger partial charge in [-0.2, -0.15) is 0 Å². The second-order valence-corrected chi connectivity index (χ2v) is 5.95. The highest BCUT2D eigenvalue weighted by Gasteiger charge is 2.11. The third-order valence-electron chi connectivity index (χ3n) is 3.83. The molecular formula is C18H29NS. The molecule has 0 saturated carbocycles. The second-order valence-electron chi connectivity index (χ2n) is 5.51. The third kappa shape index (κ3) is 7.04. The fourth-order valence-electron chi connectivity index (χ4n) is 2.44. The molecule has 0 heterocycles. The van der Waals surface area contributed by atoms with Crippen molar-refractivity contribution in [2.75, 3.05) is 0 Å². The van der Waals surface area contributed by atoms with Crippen LogP contribution in [-0.4, -0.2) is 4.99 Å². The topological polar surface area (TPSA) is 12.0 Å². The maximum absolute atomic E-state index is 5.56. The fourth-order valence-corrected chi connectivity index (χ4v) is 2.80. The van der Waals surface area contributed by atoms with Crippen LogP contribution in [0, 0.1) is 5.92 Å². The first-order valence-electron chi connectivity index (χ1n) is 8.09. The SMILES string of the molecule is CCCCCCCC(CC)C(=S)NCc1ccccc1. The molecule has 1 atom stereocenters. The van der Waals surface area contributed by atoms with Crippen molar-refractivity contribution in [3.05, 3.63) is 35.9 Å². The van der Waals surface area contributed by atoms with E-state index in [-0.39, 0.29) is 0 Å². The Morgan fingerprint density at radius 3 is 2.40 bits per heavy atom.